The number of carbonyl (C=O) groups is 2. The lowest BCUT2D eigenvalue weighted by molar-refractivity contribution is -0.148. The monoisotopic (exact) mass is 493 g/mol. The van der Waals surface area contributed by atoms with Crippen molar-refractivity contribution in [1.82, 2.24) is 4.90 Å². The van der Waals surface area contributed by atoms with Crippen molar-refractivity contribution in [3.8, 4) is 5.75 Å². The summed E-state index contributed by atoms with van der Waals surface area (Å²) in [6.45, 7) is 9.56. The topological polar surface area (TPSA) is 74.3 Å². The van der Waals surface area contributed by atoms with Gasteiger partial charge >= 0.3 is 13.1 Å². The van der Waals surface area contributed by atoms with Crippen LogP contribution in [0, 0.1) is 5.92 Å². The molecule has 192 valence electrons. The first kappa shape index (κ1) is 26.2. The van der Waals surface area contributed by atoms with E-state index in [-0.39, 0.29) is 24.2 Å². The summed E-state index contributed by atoms with van der Waals surface area (Å²) in [7, 11) is 0.881. The van der Waals surface area contributed by atoms with Gasteiger partial charge < -0.3 is 23.7 Å². The van der Waals surface area contributed by atoms with Gasteiger partial charge in [-0.05, 0) is 57.6 Å². The average Bonchev–Trinajstić information content (AvgIpc) is 3.10. The van der Waals surface area contributed by atoms with Gasteiger partial charge in [0.2, 0.25) is 5.91 Å². The second kappa shape index (κ2) is 10.6. The Bertz CT molecular complexity index is 1060. The predicted octanol–water partition coefficient (Wildman–Crippen LogP) is 3.52. The molecule has 0 spiro atoms. The highest BCUT2D eigenvalue weighted by Crippen LogP contribution is 2.37. The molecule has 36 heavy (non-hydrogen) atoms. The van der Waals surface area contributed by atoms with Crippen molar-refractivity contribution < 1.29 is 28.4 Å². The highest BCUT2D eigenvalue weighted by Gasteiger charge is 2.51. The van der Waals surface area contributed by atoms with Gasteiger partial charge in [0.1, 0.15) is 12.4 Å². The number of carbonyl (C=O) groups excluding carboxylic acids is 2. The number of ether oxygens (including phenoxy) is 2. The summed E-state index contributed by atoms with van der Waals surface area (Å²) < 4.78 is 23.5. The summed E-state index contributed by atoms with van der Waals surface area (Å²) in [6.07, 6.45) is 1.42. The molecule has 2 aliphatic rings. The van der Waals surface area contributed by atoms with Gasteiger partial charge in [-0.1, -0.05) is 42.5 Å². The summed E-state index contributed by atoms with van der Waals surface area (Å²) in [5.74, 6) is 0.329. The molecule has 0 bridgehead atoms. The molecule has 2 heterocycles. The number of hydrogen-bond acceptors (Lipinski definition) is 6. The van der Waals surface area contributed by atoms with E-state index in [2.05, 4.69) is 0 Å². The van der Waals surface area contributed by atoms with Crippen molar-refractivity contribution in [2.24, 2.45) is 5.92 Å². The number of amides is 1. The maximum atomic E-state index is 13.3. The van der Waals surface area contributed by atoms with Crippen LogP contribution in [0.2, 0.25) is 0 Å². The van der Waals surface area contributed by atoms with E-state index in [0.29, 0.717) is 38.3 Å². The van der Waals surface area contributed by atoms with E-state index >= 15 is 0 Å². The molecule has 0 unspecified atom stereocenters. The lowest BCUT2D eigenvalue weighted by Gasteiger charge is -2.32. The van der Waals surface area contributed by atoms with Crippen molar-refractivity contribution in [3.63, 3.8) is 0 Å². The molecule has 8 heteroatoms. The van der Waals surface area contributed by atoms with Crippen molar-refractivity contribution in [1.29, 1.82) is 0 Å². The van der Waals surface area contributed by atoms with Crippen LogP contribution in [0.15, 0.2) is 48.5 Å². The normalized spacial score (nSPS) is 19.2. The van der Waals surface area contributed by atoms with Crippen LogP contribution in [0.1, 0.15) is 51.7 Å². The van der Waals surface area contributed by atoms with Gasteiger partial charge in [-0.3, -0.25) is 9.59 Å². The molecular weight excluding hydrogens is 457 g/mol. The molecule has 2 aromatic carbocycles. The molecule has 2 fully saturated rings. The Labute approximate surface area is 214 Å². The first-order valence-electron chi connectivity index (χ1n) is 12.6. The highest BCUT2D eigenvalue weighted by molar-refractivity contribution is 6.62. The number of nitrogens with zero attached hydrogens (tertiary/aromatic N) is 1. The van der Waals surface area contributed by atoms with Gasteiger partial charge in [0.15, 0.2) is 0 Å². The minimum Gasteiger partial charge on any atom is -0.489 e. The Kier molecular flexibility index (Phi) is 7.76. The van der Waals surface area contributed by atoms with Crippen LogP contribution in [0.25, 0.3) is 0 Å². The number of piperidine rings is 1. The molecule has 0 aliphatic carbocycles. The number of benzene rings is 2. The summed E-state index contributed by atoms with van der Waals surface area (Å²) in [4.78, 5) is 26.9. The number of methoxy groups -OCH3 is 1. The number of hydrogen-bond donors (Lipinski definition) is 0. The maximum absolute atomic E-state index is 13.3. The van der Waals surface area contributed by atoms with Crippen molar-refractivity contribution >= 4 is 24.5 Å². The second-order valence-corrected chi connectivity index (χ2v) is 10.6. The molecular formula is C28H36BNO6. The summed E-state index contributed by atoms with van der Waals surface area (Å²) in [5, 5.41) is 0. The van der Waals surface area contributed by atoms with E-state index < -0.39 is 18.3 Å². The van der Waals surface area contributed by atoms with Crippen LogP contribution in [-0.2, 0) is 36.7 Å². The third-order valence-corrected chi connectivity index (χ3v) is 7.57. The van der Waals surface area contributed by atoms with Crippen molar-refractivity contribution in [2.45, 2.75) is 64.8 Å². The average molecular weight is 493 g/mol. The molecule has 2 aliphatic heterocycles. The molecule has 1 amide bonds. The molecule has 0 saturated carbocycles. The van der Waals surface area contributed by atoms with E-state index in [9.17, 15) is 9.59 Å². The molecule has 0 radical (unpaired) electrons. The van der Waals surface area contributed by atoms with E-state index in [0.717, 1.165) is 16.6 Å². The number of rotatable bonds is 7. The van der Waals surface area contributed by atoms with Crippen LogP contribution in [0.5, 0.6) is 5.75 Å². The van der Waals surface area contributed by atoms with E-state index in [1.807, 2.05) is 81.1 Å². The Morgan fingerprint density at radius 2 is 1.64 bits per heavy atom. The smallest absolute Gasteiger partial charge is 0.489 e. The Morgan fingerprint density at radius 1 is 1.00 bits per heavy atom. The summed E-state index contributed by atoms with van der Waals surface area (Å²) >= 11 is 0. The fraction of sp³-hybridized carbons (Fsp3) is 0.500. The maximum Gasteiger partial charge on any atom is 0.494 e. The van der Waals surface area contributed by atoms with Crippen LogP contribution < -0.4 is 10.2 Å². The molecule has 7 nitrogen and oxygen atoms in total. The quantitative estimate of drug-likeness (QED) is 0.434. The molecule has 2 aromatic rings. The lowest BCUT2D eigenvalue weighted by atomic mass is 9.78. The van der Waals surface area contributed by atoms with E-state index in [1.165, 1.54) is 7.11 Å². The largest absolute Gasteiger partial charge is 0.494 e. The lowest BCUT2D eigenvalue weighted by Crippen LogP contribution is -2.41. The zero-order valence-corrected chi connectivity index (χ0v) is 21.9. The van der Waals surface area contributed by atoms with Crippen molar-refractivity contribution in [3.05, 3.63) is 59.7 Å². The van der Waals surface area contributed by atoms with E-state index in [4.69, 9.17) is 18.8 Å². The highest BCUT2D eigenvalue weighted by atomic mass is 16.7. The predicted molar refractivity (Wildman–Crippen MR) is 138 cm³/mol. The first-order valence-corrected chi connectivity index (χ1v) is 12.6. The standard InChI is InChI=1S/C28H36BNO6/c1-27(2)28(3,4)36-29(35-27)23-11-12-24(34-19-20-9-7-6-8-10-20)22(17-23)18-25(31)30-15-13-21(14-16-30)26(32)33-5/h6-12,17,21H,13-16,18-19H2,1-5H3. The Balaban J connectivity index is 1.52. The fourth-order valence-electron chi connectivity index (χ4n) is 4.55. The third kappa shape index (κ3) is 5.76. The van der Waals surface area contributed by atoms with Crippen LogP contribution in [0.3, 0.4) is 0 Å². The van der Waals surface area contributed by atoms with Gasteiger partial charge in [-0.2, -0.15) is 0 Å². The first-order chi connectivity index (χ1) is 17.1. The zero-order valence-electron chi connectivity index (χ0n) is 21.9. The molecule has 0 aromatic heterocycles. The van der Waals surface area contributed by atoms with Crippen LogP contribution >= 0.6 is 0 Å². The van der Waals surface area contributed by atoms with Gasteiger partial charge in [0.25, 0.3) is 0 Å². The van der Waals surface area contributed by atoms with Gasteiger partial charge in [-0.15, -0.1) is 0 Å². The summed E-state index contributed by atoms with van der Waals surface area (Å²) in [6, 6.07) is 15.7. The van der Waals surface area contributed by atoms with Crippen LogP contribution in [0.4, 0.5) is 0 Å². The molecule has 0 atom stereocenters. The Morgan fingerprint density at radius 3 is 2.25 bits per heavy atom. The SMILES string of the molecule is COC(=O)C1CCN(C(=O)Cc2cc(B3OC(C)(C)C(C)(C)O3)ccc2OCc2ccccc2)CC1. The molecule has 4 rings (SSSR count). The van der Waals surface area contributed by atoms with Gasteiger partial charge in [0.05, 0.1) is 30.7 Å². The number of likely N-dealkylation sites (tertiary alicyclic amines) is 1. The van der Waals surface area contributed by atoms with Gasteiger partial charge in [-0.25, -0.2) is 0 Å². The minimum absolute atomic E-state index is 0.00828. The number of esters is 1. The Hall–Kier alpha value is -2.84. The van der Waals surface area contributed by atoms with Gasteiger partial charge in [0, 0.05) is 18.7 Å². The van der Waals surface area contributed by atoms with Crippen LogP contribution in [-0.4, -0.2) is 55.3 Å². The molecule has 0 N–H and O–H groups in total. The zero-order chi connectivity index (χ0) is 25.9. The third-order valence-electron chi connectivity index (χ3n) is 7.57. The van der Waals surface area contributed by atoms with E-state index in [1.54, 1.807) is 0 Å². The molecule has 2 saturated heterocycles. The minimum atomic E-state index is -0.525. The fourth-order valence-corrected chi connectivity index (χ4v) is 4.55. The summed E-state index contributed by atoms with van der Waals surface area (Å²) in [5.41, 5.74) is 1.78. The van der Waals surface area contributed by atoms with Crippen molar-refractivity contribution in [2.75, 3.05) is 20.2 Å². The second-order valence-electron chi connectivity index (χ2n) is 10.6.